The monoisotopic (exact) mass is 434 g/mol. The van der Waals surface area contributed by atoms with Gasteiger partial charge in [-0.05, 0) is 36.8 Å². The summed E-state index contributed by atoms with van der Waals surface area (Å²) in [6.07, 6.45) is 0.150. The second kappa shape index (κ2) is 9.19. The number of thiazole rings is 1. The van der Waals surface area contributed by atoms with Gasteiger partial charge in [0.25, 0.3) is 0 Å². The Hall–Kier alpha value is -2.41. The van der Waals surface area contributed by atoms with Crippen molar-refractivity contribution in [3.8, 4) is 0 Å². The highest BCUT2D eigenvalue weighted by molar-refractivity contribution is 7.09. The van der Waals surface area contributed by atoms with Gasteiger partial charge in [-0.1, -0.05) is 41.4 Å². The van der Waals surface area contributed by atoms with Crippen molar-refractivity contribution in [2.24, 2.45) is 0 Å². The number of para-hydroxylation sites is 1. The predicted octanol–water partition coefficient (Wildman–Crippen LogP) is 5.30. The molecule has 0 saturated heterocycles. The van der Waals surface area contributed by atoms with Crippen molar-refractivity contribution in [3.63, 3.8) is 0 Å². The predicted molar refractivity (Wildman–Crippen MR) is 111 cm³/mol. The summed E-state index contributed by atoms with van der Waals surface area (Å²) < 4.78 is 5.24. The lowest BCUT2D eigenvalue weighted by Gasteiger charge is -2.06. The van der Waals surface area contributed by atoms with E-state index in [0.717, 1.165) is 11.3 Å². The first kappa shape index (κ1) is 20.3. The third kappa shape index (κ3) is 5.55. The van der Waals surface area contributed by atoms with Crippen LogP contribution in [0.4, 0.5) is 5.69 Å². The molecule has 5 nitrogen and oxygen atoms in total. The molecule has 1 heterocycles. The minimum Gasteiger partial charge on any atom is -0.456 e. The molecule has 3 rings (SSSR count). The van der Waals surface area contributed by atoms with Crippen molar-refractivity contribution in [2.75, 3.05) is 5.32 Å². The van der Waals surface area contributed by atoms with Gasteiger partial charge in [0.2, 0.25) is 5.91 Å². The van der Waals surface area contributed by atoms with Crippen LogP contribution >= 0.6 is 34.5 Å². The summed E-state index contributed by atoms with van der Waals surface area (Å²) in [5.74, 6) is -0.697. The fraction of sp³-hybridized carbons (Fsp3) is 0.150. The van der Waals surface area contributed by atoms with E-state index in [9.17, 15) is 9.59 Å². The quantitative estimate of drug-likeness (QED) is 0.534. The van der Waals surface area contributed by atoms with E-state index in [2.05, 4.69) is 10.3 Å². The smallest absolute Gasteiger partial charge is 0.338 e. The Kier molecular flexibility index (Phi) is 6.67. The van der Waals surface area contributed by atoms with Crippen LogP contribution in [0.3, 0.4) is 0 Å². The van der Waals surface area contributed by atoms with Crippen molar-refractivity contribution in [1.82, 2.24) is 4.98 Å². The van der Waals surface area contributed by atoms with Crippen molar-refractivity contribution >= 4 is 52.1 Å². The molecule has 8 heteroatoms. The lowest BCUT2D eigenvalue weighted by Crippen LogP contribution is -2.15. The number of aromatic nitrogens is 1. The number of nitrogens with one attached hydrogen (secondary N) is 1. The zero-order chi connectivity index (χ0) is 20.1. The molecule has 1 aromatic heterocycles. The van der Waals surface area contributed by atoms with E-state index < -0.39 is 5.97 Å². The van der Waals surface area contributed by atoms with Gasteiger partial charge in [-0.2, -0.15) is 0 Å². The van der Waals surface area contributed by atoms with E-state index in [1.807, 2.05) is 31.2 Å². The molecule has 1 N–H and O–H groups in total. The molecule has 0 aliphatic rings. The largest absolute Gasteiger partial charge is 0.456 e. The van der Waals surface area contributed by atoms with Crippen LogP contribution in [-0.2, 0) is 22.6 Å². The molecule has 0 spiro atoms. The summed E-state index contributed by atoms with van der Waals surface area (Å²) in [5.41, 5.74) is 2.61. The van der Waals surface area contributed by atoms with Gasteiger partial charge in [0.15, 0.2) is 0 Å². The minimum absolute atomic E-state index is 0.00111. The third-order valence-electron chi connectivity index (χ3n) is 3.78. The third-order valence-corrected chi connectivity index (χ3v) is 5.11. The number of amides is 1. The van der Waals surface area contributed by atoms with Crippen LogP contribution in [0.2, 0.25) is 10.0 Å². The Bertz CT molecular complexity index is 1000. The summed E-state index contributed by atoms with van der Waals surface area (Å²) in [4.78, 5) is 28.7. The Morgan fingerprint density at radius 1 is 1.14 bits per heavy atom. The highest BCUT2D eigenvalue weighted by Crippen LogP contribution is 2.20. The second-order valence-electron chi connectivity index (χ2n) is 6.01. The first-order valence-corrected chi connectivity index (χ1v) is 9.96. The van der Waals surface area contributed by atoms with Crippen molar-refractivity contribution < 1.29 is 14.3 Å². The maximum Gasteiger partial charge on any atom is 0.338 e. The molecule has 0 unspecified atom stereocenters. The number of halogens is 2. The standard InChI is InChI=1S/C20H16Cl2N2O3S/c1-12-4-2-3-5-17(12)24-18(25)9-19-23-16(11-28-19)10-27-20(26)13-6-14(21)8-15(22)7-13/h2-8,11H,9-10H2,1H3,(H,24,25). The van der Waals surface area contributed by atoms with E-state index in [1.54, 1.807) is 5.38 Å². The van der Waals surface area contributed by atoms with Gasteiger partial charge in [0.05, 0.1) is 17.7 Å². The lowest BCUT2D eigenvalue weighted by atomic mass is 10.2. The number of carbonyl (C=O) groups is 2. The molecule has 2 aromatic carbocycles. The van der Waals surface area contributed by atoms with Gasteiger partial charge in [0.1, 0.15) is 11.6 Å². The van der Waals surface area contributed by atoms with Crippen molar-refractivity contribution in [1.29, 1.82) is 0 Å². The first-order chi connectivity index (χ1) is 13.4. The number of esters is 1. The average Bonchev–Trinajstić information content (AvgIpc) is 3.08. The lowest BCUT2D eigenvalue weighted by molar-refractivity contribution is -0.115. The summed E-state index contributed by atoms with van der Waals surface area (Å²) >= 11 is 13.1. The van der Waals surface area contributed by atoms with Gasteiger partial charge in [0, 0.05) is 21.1 Å². The number of nitrogens with zero attached hydrogens (tertiary/aromatic N) is 1. The maximum absolute atomic E-state index is 12.2. The molecular formula is C20H16Cl2N2O3S. The molecule has 28 heavy (non-hydrogen) atoms. The van der Waals surface area contributed by atoms with Crippen molar-refractivity contribution in [2.45, 2.75) is 20.0 Å². The highest BCUT2D eigenvalue weighted by atomic mass is 35.5. The van der Waals surface area contributed by atoms with E-state index in [-0.39, 0.29) is 24.5 Å². The zero-order valence-corrected chi connectivity index (χ0v) is 17.2. The number of hydrogen-bond acceptors (Lipinski definition) is 5. The van der Waals surface area contributed by atoms with Crippen LogP contribution in [-0.4, -0.2) is 16.9 Å². The number of carbonyl (C=O) groups excluding carboxylic acids is 2. The zero-order valence-electron chi connectivity index (χ0n) is 14.9. The Morgan fingerprint density at radius 3 is 2.57 bits per heavy atom. The maximum atomic E-state index is 12.2. The van der Waals surface area contributed by atoms with Crippen LogP contribution in [0.1, 0.15) is 26.6 Å². The van der Waals surface area contributed by atoms with Gasteiger partial charge in [-0.25, -0.2) is 9.78 Å². The first-order valence-electron chi connectivity index (χ1n) is 8.32. The van der Waals surface area contributed by atoms with Crippen LogP contribution in [0.5, 0.6) is 0 Å². The second-order valence-corrected chi connectivity index (χ2v) is 7.82. The molecule has 0 bridgehead atoms. The van der Waals surface area contributed by atoms with Gasteiger partial charge in [-0.15, -0.1) is 11.3 Å². The number of ether oxygens (including phenoxy) is 1. The number of aryl methyl sites for hydroxylation is 1. The normalized spacial score (nSPS) is 10.5. The van der Waals surface area contributed by atoms with Gasteiger partial charge >= 0.3 is 5.97 Å². The molecular weight excluding hydrogens is 419 g/mol. The van der Waals surface area contributed by atoms with Gasteiger partial charge in [-0.3, -0.25) is 4.79 Å². The van der Waals surface area contributed by atoms with Crippen LogP contribution in [0.25, 0.3) is 0 Å². The SMILES string of the molecule is Cc1ccccc1NC(=O)Cc1nc(COC(=O)c2cc(Cl)cc(Cl)c2)cs1. The van der Waals surface area contributed by atoms with Crippen LogP contribution in [0, 0.1) is 6.92 Å². The van der Waals surface area contributed by atoms with Crippen molar-refractivity contribution in [3.05, 3.63) is 79.7 Å². The Labute approximate surface area is 176 Å². The summed E-state index contributed by atoms with van der Waals surface area (Å²) in [5, 5.41) is 5.98. The Morgan fingerprint density at radius 2 is 1.86 bits per heavy atom. The number of benzene rings is 2. The Balaban J connectivity index is 1.54. The summed E-state index contributed by atoms with van der Waals surface area (Å²) in [6.45, 7) is 1.93. The fourth-order valence-electron chi connectivity index (χ4n) is 2.44. The molecule has 0 saturated carbocycles. The molecule has 0 fully saturated rings. The molecule has 0 aliphatic carbocycles. The summed E-state index contributed by atoms with van der Waals surface area (Å²) in [6, 6.07) is 12.1. The number of rotatable bonds is 6. The fourth-order valence-corrected chi connectivity index (χ4v) is 3.74. The summed E-state index contributed by atoms with van der Waals surface area (Å²) in [7, 11) is 0. The molecule has 0 radical (unpaired) electrons. The molecule has 3 aromatic rings. The molecule has 144 valence electrons. The average molecular weight is 435 g/mol. The molecule has 0 atom stereocenters. The van der Waals surface area contributed by atoms with E-state index in [1.165, 1.54) is 29.5 Å². The van der Waals surface area contributed by atoms with E-state index in [4.69, 9.17) is 27.9 Å². The van der Waals surface area contributed by atoms with Crippen LogP contribution < -0.4 is 5.32 Å². The highest BCUT2D eigenvalue weighted by Gasteiger charge is 2.13. The van der Waals surface area contributed by atoms with E-state index >= 15 is 0 Å². The minimum atomic E-state index is -0.545. The van der Waals surface area contributed by atoms with E-state index in [0.29, 0.717) is 20.7 Å². The number of hydrogen-bond donors (Lipinski definition) is 1. The van der Waals surface area contributed by atoms with Crippen LogP contribution in [0.15, 0.2) is 47.8 Å². The molecule has 0 aliphatic heterocycles. The number of anilines is 1. The topological polar surface area (TPSA) is 68.3 Å². The van der Waals surface area contributed by atoms with Gasteiger partial charge < -0.3 is 10.1 Å². The molecule has 1 amide bonds.